The zero-order valence-electron chi connectivity index (χ0n) is 26.4. The summed E-state index contributed by atoms with van der Waals surface area (Å²) in [6.07, 6.45) is 10.1. The lowest BCUT2D eigenvalue weighted by Gasteiger charge is -2.69. The van der Waals surface area contributed by atoms with E-state index in [9.17, 15) is 14.4 Å². The van der Waals surface area contributed by atoms with Crippen molar-refractivity contribution in [2.75, 3.05) is 0 Å². The van der Waals surface area contributed by atoms with Crippen LogP contribution in [0.3, 0.4) is 0 Å². The number of nitrogens with zero attached hydrogens (tertiary/aromatic N) is 1. The number of Topliss-reactive ketones (excluding diaryl/α,β-unsaturated/α-hetero) is 1. The van der Waals surface area contributed by atoms with Crippen molar-refractivity contribution in [1.82, 2.24) is 5.32 Å². The Kier molecular flexibility index (Phi) is 6.24. The van der Waals surface area contributed by atoms with Crippen molar-refractivity contribution in [2.24, 2.45) is 44.8 Å². The van der Waals surface area contributed by atoms with Crippen LogP contribution in [0, 0.1) is 51.4 Å². The molecular weight excluding hydrogens is 520 g/mol. The van der Waals surface area contributed by atoms with Gasteiger partial charge < -0.3 is 10.1 Å². The van der Waals surface area contributed by atoms with Crippen LogP contribution in [0.1, 0.15) is 104 Å². The monoisotopic (exact) mass is 566 g/mol. The minimum absolute atomic E-state index is 0.0386. The first-order valence-corrected chi connectivity index (χ1v) is 15.8. The van der Waals surface area contributed by atoms with E-state index in [2.05, 4.69) is 44.8 Å². The van der Waals surface area contributed by atoms with Gasteiger partial charge in [0.2, 0.25) is 5.70 Å². The highest BCUT2D eigenvalue weighted by Crippen LogP contribution is 2.73. The van der Waals surface area contributed by atoms with E-state index in [4.69, 9.17) is 6.57 Å². The summed E-state index contributed by atoms with van der Waals surface area (Å²) in [5.74, 6) is -0.0702. The summed E-state index contributed by atoms with van der Waals surface area (Å²) in [6, 6.07) is 9.45. The minimum atomic E-state index is -0.664. The predicted octanol–water partition coefficient (Wildman–Crippen LogP) is 7.74. The molecule has 5 heteroatoms. The number of carbonyl (C=O) groups excluding carboxylic acids is 3. The fourth-order valence-corrected chi connectivity index (χ4v) is 10.7. The summed E-state index contributed by atoms with van der Waals surface area (Å²) >= 11 is 0. The van der Waals surface area contributed by atoms with Crippen molar-refractivity contribution >= 4 is 17.5 Å². The van der Waals surface area contributed by atoms with E-state index in [1.54, 1.807) is 0 Å². The first-order valence-electron chi connectivity index (χ1n) is 15.8. The second-order valence-electron chi connectivity index (χ2n) is 16.2. The molecular formula is C37H46N2O3. The lowest BCUT2D eigenvalue weighted by Crippen LogP contribution is -2.69. The number of hydrogen-bond acceptors (Lipinski definition) is 3. The van der Waals surface area contributed by atoms with Crippen molar-refractivity contribution in [3.8, 4) is 0 Å². The quantitative estimate of drug-likeness (QED) is 0.372. The van der Waals surface area contributed by atoms with Crippen molar-refractivity contribution in [3.05, 3.63) is 70.7 Å². The van der Waals surface area contributed by atoms with Crippen molar-refractivity contribution in [2.45, 2.75) is 99.0 Å². The summed E-state index contributed by atoms with van der Waals surface area (Å²) in [5, 5.41) is 3.53. The second kappa shape index (κ2) is 9.01. The molecule has 0 saturated heterocycles. The van der Waals surface area contributed by atoms with Gasteiger partial charge in [0.25, 0.3) is 5.91 Å². The number of amides is 1. The molecule has 7 atom stereocenters. The summed E-state index contributed by atoms with van der Waals surface area (Å²) in [7, 11) is 0. The van der Waals surface area contributed by atoms with E-state index in [1.165, 1.54) is 0 Å². The molecule has 0 aromatic heterocycles. The van der Waals surface area contributed by atoms with Gasteiger partial charge in [0.1, 0.15) is 0 Å². The number of allylic oxidation sites excluding steroid dienone is 4. The van der Waals surface area contributed by atoms with E-state index in [-0.39, 0.29) is 57.2 Å². The van der Waals surface area contributed by atoms with Crippen LogP contribution in [0.4, 0.5) is 0 Å². The van der Waals surface area contributed by atoms with Gasteiger partial charge in [0.05, 0.1) is 6.57 Å². The highest BCUT2D eigenvalue weighted by atomic mass is 16.2. The topological polar surface area (TPSA) is 67.6 Å². The van der Waals surface area contributed by atoms with E-state index >= 15 is 0 Å². The molecule has 5 aliphatic carbocycles. The number of fused-ring (bicyclic) bond motifs is 7. The van der Waals surface area contributed by atoms with E-state index in [1.807, 2.05) is 56.3 Å². The normalized spacial score (nSPS) is 41.5. The fourth-order valence-electron chi connectivity index (χ4n) is 10.7. The zero-order valence-corrected chi connectivity index (χ0v) is 26.4. The first kappa shape index (κ1) is 29.1. The molecule has 6 rings (SSSR count). The Bertz CT molecular complexity index is 1480. The van der Waals surface area contributed by atoms with Crippen molar-refractivity contribution in [1.29, 1.82) is 0 Å². The molecule has 5 nitrogen and oxygen atoms in total. The molecule has 0 unspecified atom stereocenters. The van der Waals surface area contributed by atoms with Crippen LogP contribution in [0.25, 0.3) is 4.85 Å². The molecule has 5 aliphatic rings. The Balaban J connectivity index is 1.47. The zero-order chi connectivity index (χ0) is 30.5. The average molecular weight is 567 g/mol. The number of hydrogen-bond donors (Lipinski definition) is 1. The molecule has 0 heterocycles. The SMILES string of the molecule is [C-]#[N+]C1=C[C@]2(C)C3=CC(=O)[C@@H]4[C@@H]5CC(C)(C)CC[C@]5(NC(=O)c5ccccc5)CC[C@@]4(C)[C@]3(C)CC[C@H]2C(C)(C)C1=O. The molecule has 222 valence electrons. The smallest absolute Gasteiger partial charge is 0.251 e. The standard InChI is InChI=1S/C37H46N2O3/c1-32(2)16-18-37(39-31(42)23-12-10-9-11-13-23)19-17-36(7)29(24(37)21-32)26(40)20-28-34(5)22-25(38-8)30(41)33(3,4)27(34)14-15-35(28,36)6/h9-13,20,22,24,27,29H,14-19,21H2,1-7H3,(H,39,42)/t24-,27-,29-,34-,35+,36+,37-/m0/s1. The van der Waals surface area contributed by atoms with Crippen LogP contribution in [0.15, 0.2) is 53.8 Å². The van der Waals surface area contributed by atoms with Crippen LogP contribution in [0.2, 0.25) is 0 Å². The summed E-state index contributed by atoms with van der Waals surface area (Å²) in [5.41, 5.74) is -0.0830. The highest BCUT2D eigenvalue weighted by Gasteiger charge is 2.70. The molecule has 1 aromatic rings. The van der Waals surface area contributed by atoms with Gasteiger partial charge >= 0.3 is 0 Å². The van der Waals surface area contributed by atoms with Gasteiger partial charge in [-0.3, -0.25) is 9.59 Å². The van der Waals surface area contributed by atoms with E-state index in [0.29, 0.717) is 5.56 Å². The maximum absolute atomic E-state index is 14.7. The Labute approximate surface area is 251 Å². The maximum Gasteiger partial charge on any atom is 0.251 e. The van der Waals surface area contributed by atoms with Gasteiger partial charge in [-0.2, -0.15) is 0 Å². The van der Waals surface area contributed by atoms with Gasteiger partial charge in [-0.25, -0.2) is 4.85 Å². The molecule has 0 aliphatic heterocycles. The van der Waals surface area contributed by atoms with Crippen LogP contribution in [-0.4, -0.2) is 23.0 Å². The lowest BCUT2D eigenvalue weighted by atomic mass is 9.35. The molecule has 3 saturated carbocycles. The van der Waals surface area contributed by atoms with Crippen molar-refractivity contribution < 1.29 is 14.4 Å². The Morgan fingerprint density at radius 2 is 1.60 bits per heavy atom. The lowest BCUT2D eigenvalue weighted by molar-refractivity contribution is -0.160. The largest absolute Gasteiger partial charge is 0.346 e. The molecule has 42 heavy (non-hydrogen) atoms. The average Bonchev–Trinajstić information content (AvgIpc) is 2.93. The van der Waals surface area contributed by atoms with E-state index < -0.39 is 16.4 Å². The van der Waals surface area contributed by atoms with Gasteiger partial charge in [-0.1, -0.05) is 78.3 Å². The van der Waals surface area contributed by atoms with Gasteiger partial charge in [0.15, 0.2) is 11.6 Å². The number of carbonyl (C=O) groups is 3. The predicted molar refractivity (Wildman–Crippen MR) is 164 cm³/mol. The molecule has 1 N–H and O–H groups in total. The van der Waals surface area contributed by atoms with E-state index in [0.717, 1.165) is 50.5 Å². The fraction of sp³-hybridized carbons (Fsp3) is 0.622. The number of benzene rings is 1. The second-order valence-corrected chi connectivity index (χ2v) is 16.2. The first-order chi connectivity index (χ1) is 19.5. The molecule has 1 amide bonds. The molecule has 0 spiro atoms. The minimum Gasteiger partial charge on any atom is -0.346 e. The maximum atomic E-state index is 14.7. The van der Waals surface area contributed by atoms with Crippen molar-refractivity contribution in [3.63, 3.8) is 0 Å². The summed E-state index contributed by atoms with van der Waals surface area (Å²) in [6.45, 7) is 23.3. The molecule has 3 fully saturated rings. The van der Waals surface area contributed by atoms with Crippen LogP contribution >= 0.6 is 0 Å². The van der Waals surface area contributed by atoms with Crippen LogP contribution < -0.4 is 5.32 Å². The number of rotatable bonds is 2. The third kappa shape index (κ3) is 3.76. The van der Waals surface area contributed by atoms with Gasteiger partial charge in [-0.15, -0.1) is 0 Å². The summed E-state index contributed by atoms with van der Waals surface area (Å²) < 4.78 is 0. The third-order valence-electron chi connectivity index (χ3n) is 13.2. The third-order valence-corrected chi connectivity index (χ3v) is 13.2. The number of ketones is 2. The molecule has 0 bridgehead atoms. The van der Waals surface area contributed by atoms with Gasteiger partial charge in [-0.05, 0) is 91.2 Å². The van der Waals surface area contributed by atoms with Crippen LogP contribution in [0.5, 0.6) is 0 Å². The Hall–Kier alpha value is -3.00. The number of nitrogens with one attached hydrogen (secondary N) is 1. The highest BCUT2D eigenvalue weighted by molar-refractivity contribution is 6.03. The Morgan fingerprint density at radius 1 is 0.929 bits per heavy atom. The molecule has 1 aromatic carbocycles. The van der Waals surface area contributed by atoms with Gasteiger partial charge in [0, 0.05) is 27.9 Å². The summed E-state index contributed by atoms with van der Waals surface area (Å²) in [4.78, 5) is 45.3. The molecule has 0 radical (unpaired) electrons. The Morgan fingerprint density at radius 3 is 2.26 bits per heavy atom. The van der Waals surface area contributed by atoms with Crippen LogP contribution in [-0.2, 0) is 9.59 Å².